The highest BCUT2D eigenvalue weighted by atomic mass is 19.4. The van der Waals surface area contributed by atoms with Crippen LogP contribution >= 0.6 is 0 Å². The van der Waals surface area contributed by atoms with Crippen molar-refractivity contribution in [1.82, 2.24) is 19.9 Å². The van der Waals surface area contributed by atoms with Gasteiger partial charge < -0.3 is 4.98 Å². The molecule has 0 aliphatic carbocycles. The van der Waals surface area contributed by atoms with E-state index in [1.165, 1.54) is 12.1 Å². The molecule has 0 radical (unpaired) electrons. The van der Waals surface area contributed by atoms with Gasteiger partial charge in [0.05, 0.1) is 11.3 Å². The molecule has 1 N–H and O–H groups in total. The molecule has 0 atom stereocenters. The van der Waals surface area contributed by atoms with Gasteiger partial charge in [0.15, 0.2) is 0 Å². The summed E-state index contributed by atoms with van der Waals surface area (Å²) in [5, 5.41) is 0. The van der Waals surface area contributed by atoms with E-state index in [1.807, 2.05) is 0 Å². The second kappa shape index (κ2) is 7.20. The molecule has 0 fully saturated rings. The van der Waals surface area contributed by atoms with Gasteiger partial charge in [-0.05, 0) is 36.2 Å². The summed E-state index contributed by atoms with van der Waals surface area (Å²) < 4.78 is 38.1. The van der Waals surface area contributed by atoms with Crippen LogP contribution in [-0.2, 0) is 25.7 Å². The molecule has 0 saturated carbocycles. The minimum Gasteiger partial charge on any atom is -0.306 e. The fraction of sp³-hybridized carbons (Fsp3) is 0.250. The van der Waals surface area contributed by atoms with Crippen molar-refractivity contribution in [3.63, 3.8) is 0 Å². The van der Waals surface area contributed by atoms with Crippen molar-refractivity contribution in [2.45, 2.75) is 25.7 Å². The van der Waals surface area contributed by atoms with Crippen molar-refractivity contribution in [1.29, 1.82) is 0 Å². The van der Waals surface area contributed by atoms with Crippen molar-refractivity contribution < 1.29 is 13.2 Å². The summed E-state index contributed by atoms with van der Waals surface area (Å²) in [6.07, 6.45) is -0.525. The molecule has 0 bridgehead atoms. The molecule has 3 heterocycles. The second-order valence-corrected chi connectivity index (χ2v) is 6.73. The molecule has 1 aliphatic heterocycles. The van der Waals surface area contributed by atoms with Crippen molar-refractivity contribution in [3.8, 4) is 11.4 Å². The van der Waals surface area contributed by atoms with Crippen LogP contribution in [0.15, 0.2) is 53.6 Å². The summed E-state index contributed by atoms with van der Waals surface area (Å²) in [7, 11) is 0. The first-order valence-corrected chi connectivity index (χ1v) is 8.81. The van der Waals surface area contributed by atoms with Gasteiger partial charge in [0.25, 0.3) is 5.56 Å². The van der Waals surface area contributed by atoms with Crippen LogP contribution in [0.3, 0.4) is 0 Å². The van der Waals surface area contributed by atoms with Gasteiger partial charge in [-0.1, -0.05) is 12.1 Å². The van der Waals surface area contributed by atoms with Gasteiger partial charge in [-0.15, -0.1) is 0 Å². The molecule has 3 aromatic rings. The quantitative estimate of drug-likeness (QED) is 0.749. The summed E-state index contributed by atoms with van der Waals surface area (Å²) in [6.45, 7) is 1.61. The fourth-order valence-corrected chi connectivity index (χ4v) is 3.33. The Hall–Kier alpha value is -3.00. The van der Waals surface area contributed by atoms with Crippen molar-refractivity contribution in [2.24, 2.45) is 0 Å². The number of rotatable bonds is 3. The number of benzene rings is 1. The number of aromatic amines is 1. The Kier molecular flexibility index (Phi) is 4.72. The van der Waals surface area contributed by atoms with Crippen LogP contribution in [0.1, 0.15) is 22.4 Å². The normalized spacial score (nSPS) is 14.7. The zero-order valence-electron chi connectivity index (χ0n) is 14.8. The summed E-state index contributed by atoms with van der Waals surface area (Å²) >= 11 is 0. The predicted octanol–water partition coefficient (Wildman–Crippen LogP) is 3.41. The zero-order chi connectivity index (χ0) is 19.7. The first-order chi connectivity index (χ1) is 13.4. The van der Waals surface area contributed by atoms with Crippen LogP contribution in [0.5, 0.6) is 0 Å². The predicted molar refractivity (Wildman–Crippen MR) is 97.4 cm³/mol. The molecule has 28 heavy (non-hydrogen) atoms. The van der Waals surface area contributed by atoms with E-state index in [0.29, 0.717) is 43.1 Å². The highest BCUT2D eigenvalue weighted by Crippen LogP contribution is 2.29. The lowest BCUT2D eigenvalue weighted by atomic mass is 10.0. The van der Waals surface area contributed by atoms with E-state index in [2.05, 4.69) is 19.9 Å². The lowest BCUT2D eigenvalue weighted by Crippen LogP contribution is -2.35. The van der Waals surface area contributed by atoms with Crippen LogP contribution < -0.4 is 5.56 Å². The molecule has 5 nitrogen and oxygen atoms in total. The van der Waals surface area contributed by atoms with Crippen molar-refractivity contribution >= 4 is 0 Å². The topological polar surface area (TPSA) is 61.9 Å². The molecule has 4 rings (SSSR count). The fourth-order valence-electron chi connectivity index (χ4n) is 3.33. The third-order valence-corrected chi connectivity index (χ3v) is 4.79. The Balaban J connectivity index is 1.54. The zero-order valence-corrected chi connectivity index (χ0v) is 14.8. The maximum Gasteiger partial charge on any atom is 0.416 e. The number of aromatic nitrogens is 3. The van der Waals surface area contributed by atoms with E-state index in [4.69, 9.17) is 0 Å². The number of fused-ring (bicyclic) bond motifs is 1. The summed E-state index contributed by atoms with van der Waals surface area (Å²) in [5.41, 5.74) is 2.13. The number of nitrogens with zero attached hydrogens (tertiary/aromatic N) is 3. The first-order valence-electron chi connectivity index (χ1n) is 8.81. The van der Waals surface area contributed by atoms with E-state index >= 15 is 0 Å². The third kappa shape index (κ3) is 3.82. The third-order valence-electron chi connectivity index (χ3n) is 4.79. The number of H-pyrrole nitrogens is 1. The van der Waals surface area contributed by atoms with Crippen LogP contribution in [0.2, 0.25) is 0 Å². The summed E-state index contributed by atoms with van der Waals surface area (Å²) in [4.78, 5) is 25.9. The number of halogens is 3. The molecular formula is C20H17F3N4O. The maximum atomic E-state index is 12.7. The number of nitrogens with one attached hydrogen (secondary N) is 1. The number of pyridine rings is 1. The standard InChI is InChI=1S/C20H17F3N4O/c21-20(22,23)15-3-1-13(2-4-15)11-27-10-7-16-17(12-27)25-18(26-19(16)28)14-5-8-24-9-6-14/h1-6,8-9H,7,10-12H2,(H,25,26,28). The van der Waals surface area contributed by atoms with Crippen LogP contribution in [0, 0.1) is 0 Å². The number of alkyl halides is 3. The molecule has 0 amide bonds. The van der Waals surface area contributed by atoms with Gasteiger partial charge in [-0.3, -0.25) is 14.7 Å². The van der Waals surface area contributed by atoms with Gasteiger partial charge in [-0.2, -0.15) is 13.2 Å². The highest BCUT2D eigenvalue weighted by Gasteiger charge is 2.30. The molecule has 2 aromatic heterocycles. The number of hydrogen-bond donors (Lipinski definition) is 1. The molecule has 144 valence electrons. The maximum absolute atomic E-state index is 12.7. The van der Waals surface area contributed by atoms with E-state index in [0.717, 1.165) is 23.3 Å². The Bertz CT molecular complexity index is 1030. The Morgan fingerprint density at radius 1 is 1.07 bits per heavy atom. The molecule has 1 aromatic carbocycles. The molecule has 8 heteroatoms. The monoisotopic (exact) mass is 386 g/mol. The molecule has 0 unspecified atom stereocenters. The van der Waals surface area contributed by atoms with E-state index < -0.39 is 11.7 Å². The second-order valence-electron chi connectivity index (χ2n) is 6.73. The van der Waals surface area contributed by atoms with E-state index in [1.54, 1.807) is 24.5 Å². The molecule has 0 saturated heterocycles. The van der Waals surface area contributed by atoms with E-state index in [9.17, 15) is 18.0 Å². The van der Waals surface area contributed by atoms with E-state index in [-0.39, 0.29) is 5.56 Å². The van der Waals surface area contributed by atoms with Gasteiger partial charge in [0.1, 0.15) is 5.82 Å². The summed E-state index contributed by atoms with van der Waals surface area (Å²) in [6, 6.07) is 8.72. The minimum atomic E-state index is -4.34. The average Bonchev–Trinajstić information content (AvgIpc) is 2.68. The number of hydrogen-bond acceptors (Lipinski definition) is 4. The average molecular weight is 386 g/mol. The van der Waals surface area contributed by atoms with Crippen LogP contribution in [0.4, 0.5) is 13.2 Å². The lowest BCUT2D eigenvalue weighted by Gasteiger charge is -2.27. The van der Waals surface area contributed by atoms with Gasteiger partial charge >= 0.3 is 6.18 Å². The molecule has 1 aliphatic rings. The van der Waals surface area contributed by atoms with Gasteiger partial charge in [0.2, 0.25) is 0 Å². The smallest absolute Gasteiger partial charge is 0.306 e. The first kappa shape index (κ1) is 18.4. The van der Waals surface area contributed by atoms with Crippen molar-refractivity contribution in [3.05, 3.63) is 81.5 Å². The SMILES string of the molecule is O=c1[nH]c(-c2ccncc2)nc2c1CCN(Cc1ccc(C(F)(F)F)cc1)C2. The molecular weight excluding hydrogens is 369 g/mol. The Morgan fingerprint density at radius 2 is 1.79 bits per heavy atom. The van der Waals surface area contributed by atoms with Gasteiger partial charge in [0, 0.05) is 43.2 Å². The lowest BCUT2D eigenvalue weighted by molar-refractivity contribution is -0.137. The van der Waals surface area contributed by atoms with Crippen LogP contribution in [-0.4, -0.2) is 26.4 Å². The largest absolute Gasteiger partial charge is 0.416 e. The Morgan fingerprint density at radius 3 is 2.46 bits per heavy atom. The van der Waals surface area contributed by atoms with Crippen LogP contribution in [0.25, 0.3) is 11.4 Å². The minimum absolute atomic E-state index is 0.147. The van der Waals surface area contributed by atoms with Gasteiger partial charge in [-0.25, -0.2) is 4.98 Å². The molecule has 0 spiro atoms. The summed E-state index contributed by atoms with van der Waals surface area (Å²) in [5.74, 6) is 0.488. The van der Waals surface area contributed by atoms with Crippen molar-refractivity contribution in [2.75, 3.05) is 6.54 Å². The highest BCUT2D eigenvalue weighted by molar-refractivity contribution is 5.54. The Labute approximate surface area is 158 Å².